The Hall–Kier alpha value is -2.86. The molecule has 4 rings (SSSR count). The van der Waals surface area contributed by atoms with Gasteiger partial charge in [0.1, 0.15) is 0 Å². The number of likely N-dealkylation sites (tertiary alicyclic amines) is 1. The Morgan fingerprint density at radius 1 is 1.00 bits per heavy atom. The van der Waals surface area contributed by atoms with Gasteiger partial charge in [-0.15, -0.1) is 0 Å². The number of amides is 2. The molecule has 1 N–H and O–H groups in total. The second-order valence-corrected chi connectivity index (χ2v) is 7.57. The molecule has 152 valence electrons. The van der Waals surface area contributed by atoms with Crippen molar-refractivity contribution in [2.24, 2.45) is 0 Å². The van der Waals surface area contributed by atoms with Gasteiger partial charge < -0.3 is 19.9 Å². The van der Waals surface area contributed by atoms with Gasteiger partial charge >= 0.3 is 0 Å². The molecule has 6 heteroatoms. The highest BCUT2D eigenvalue weighted by Gasteiger charge is 2.18. The lowest BCUT2D eigenvalue weighted by atomic mass is 10.1. The van der Waals surface area contributed by atoms with E-state index in [1.54, 1.807) is 0 Å². The Bertz CT molecular complexity index is 860. The Kier molecular flexibility index (Phi) is 6.10. The molecule has 0 unspecified atom stereocenters. The van der Waals surface area contributed by atoms with Gasteiger partial charge in [-0.25, -0.2) is 0 Å². The normalized spacial score (nSPS) is 17.3. The maximum Gasteiger partial charge on any atom is 0.255 e. The lowest BCUT2D eigenvalue weighted by Gasteiger charge is -2.28. The third-order valence-electron chi connectivity index (χ3n) is 5.49. The summed E-state index contributed by atoms with van der Waals surface area (Å²) in [6.07, 6.45) is 2.68. The minimum atomic E-state index is -0.135. The van der Waals surface area contributed by atoms with Crippen LogP contribution in [0.3, 0.4) is 0 Å². The van der Waals surface area contributed by atoms with Crippen LogP contribution in [0.5, 0.6) is 0 Å². The topological polar surface area (TPSA) is 61.9 Å². The molecule has 0 radical (unpaired) electrons. The van der Waals surface area contributed by atoms with Gasteiger partial charge in [0, 0.05) is 49.5 Å². The maximum absolute atomic E-state index is 12.6. The Balaban J connectivity index is 1.38. The summed E-state index contributed by atoms with van der Waals surface area (Å²) in [7, 11) is 0. The van der Waals surface area contributed by atoms with Gasteiger partial charge in [-0.1, -0.05) is 12.1 Å². The number of nitrogens with zero attached hydrogens (tertiary/aromatic N) is 2. The first kappa shape index (κ1) is 19.5. The summed E-state index contributed by atoms with van der Waals surface area (Å²) in [6.45, 7) is 4.63. The van der Waals surface area contributed by atoms with E-state index in [0.29, 0.717) is 18.5 Å². The largest absolute Gasteiger partial charge is 0.378 e. The lowest BCUT2D eigenvalue weighted by Crippen LogP contribution is -2.36. The number of piperidine rings is 1. The van der Waals surface area contributed by atoms with Crippen molar-refractivity contribution in [3.63, 3.8) is 0 Å². The number of ether oxygens (including phenoxy) is 1. The fourth-order valence-corrected chi connectivity index (χ4v) is 3.85. The van der Waals surface area contributed by atoms with Crippen LogP contribution in [0.1, 0.15) is 35.2 Å². The first-order valence-electron chi connectivity index (χ1n) is 10.3. The summed E-state index contributed by atoms with van der Waals surface area (Å²) in [5.74, 6) is 0.0794. The molecule has 2 saturated heterocycles. The molecule has 0 aromatic heterocycles. The maximum atomic E-state index is 12.6. The van der Waals surface area contributed by atoms with E-state index >= 15 is 0 Å². The molecule has 6 nitrogen and oxygen atoms in total. The quantitative estimate of drug-likeness (QED) is 0.847. The van der Waals surface area contributed by atoms with Crippen LogP contribution in [0, 0.1) is 0 Å². The first-order chi connectivity index (χ1) is 14.2. The minimum Gasteiger partial charge on any atom is -0.378 e. The predicted octanol–water partition coefficient (Wildman–Crippen LogP) is 3.29. The van der Waals surface area contributed by atoms with E-state index in [2.05, 4.69) is 10.2 Å². The standard InChI is InChI=1S/C23H27N3O3/c27-22-6-1-2-11-26(22)17-18-4-3-5-20(16-18)24-23(28)19-7-9-21(10-8-19)25-12-14-29-15-13-25/h3-5,7-10,16H,1-2,6,11-15,17H2,(H,24,28). The Morgan fingerprint density at radius 2 is 1.79 bits per heavy atom. The summed E-state index contributed by atoms with van der Waals surface area (Å²) in [4.78, 5) is 28.8. The van der Waals surface area contributed by atoms with Crippen molar-refractivity contribution < 1.29 is 14.3 Å². The van der Waals surface area contributed by atoms with Crippen molar-refractivity contribution in [1.29, 1.82) is 0 Å². The van der Waals surface area contributed by atoms with Crippen molar-refractivity contribution in [3.8, 4) is 0 Å². The van der Waals surface area contributed by atoms with E-state index in [9.17, 15) is 9.59 Å². The molecule has 0 spiro atoms. The van der Waals surface area contributed by atoms with Crippen LogP contribution in [0.2, 0.25) is 0 Å². The number of nitrogens with one attached hydrogen (secondary N) is 1. The predicted molar refractivity (Wildman–Crippen MR) is 113 cm³/mol. The fourth-order valence-electron chi connectivity index (χ4n) is 3.85. The van der Waals surface area contributed by atoms with Crippen LogP contribution in [0.4, 0.5) is 11.4 Å². The Labute approximate surface area is 171 Å². The van der Waals surface area contributed by atoms with Gasteiger partial charge in [0.15, 0.2) is 0 Å². The van der Waals surface area contributed by atoms with Crippen LogP contribution in [-0.4, -0.2) is 49.6 Å². The first-order valence-corrected chi connectivity index (χ1v) is 10.3. The van der Waals surface area contributed by atoms with E-state index < -0.39 is 0 Å². The molecule has 2 aromatic carbocycles. The monoisotopic (exact) mass is 393 g/mol. The van der Waals surface area contributed by atoms with Crippen molar-refractivity contribution in [2.75, 3.05) is 43.1 Å². The van der Waals surface area contributed by atoms with Gasteiger partial charge in [0.05, 0.1) is 13.2 Å². The summed E-state index contributed by atoms with van der Waals surface area (Å²) >= 11 is 0. The minimum absolute atomic E-state index is 0.135. The van der Waals surface area contributed by atoms with E-state index in [1.807, 2.05) is 53.4 Å². The molecule has 0 aliphatic carbocycles. The number of anilines is 2. The van der Waals surface area contributed by atoms with Crippen LogP contribution in [0.25, 0.3) is 0 Å². The molecule has 2 aromatic rings. The fraction of sp³-hybridized carbons (Fsp3) is 0.391. The molecule has 2 heterocycles. The summed E-state index contributed by atoms with van der Waals surface area (Å²) in [5, 5.41) is 2.97. The number of rotatable bonds is 5. The highest BCUT2D eigenvalue weighted by Crippen LogP contribution is 2.19. The number of carbonyl (C=O) groups excluding carboxylic acids is 2. The van der Waals surface area contributed by atoms with Crippen molar-refractivity contribution in [1.82, 2.24) is 4.90 Å². The highest BCUT2D eigenvalue weighted by molar-refractivity contribution is 6.04. The molecule has 0 bridgehead atoms. The van der Waals surface area contributed by atoms with E-state index in [4.69, 9.17) is 4.74 Å². The molecule has 2 amide bonds. The number of benzene rings is 2. The van der Waals surface area contributed by atoms with Gasteiger partial charge in [-0.3, -0.25) is 9.59 Å². The average molecular weight is 393 g/mol. The van der Waals surface area contributed by atoms with Crippen LogP contribution < -0.4 is 10.2 Å². The molecule has 2 aliphatic heterocycles. The number of carbonyl (C=O) groups is 2. The van der Waals surface area contributed by atoms with E-state index in [0.717, 1.165) is 62.6 Å². The van der Waals surface area contributed by atoms with E-state index in [1.165, 1.54) is 0 Å². The molecule has 2 aliphatic rings. The van der Waals surface area contributed by atoms with E-state index in [-0.39, 0.29) is 11.8 Å². The SMILES string of the molecule is O=C(Nc1cccc(CN2CCCCC2=O)c1)c1ccc(N2CCOCC2)cc1. The molecule has 2 fully saturated rings. The number of hydrogen-bond donors (Lipinski definition) is 1. The van der Waals surface area contributed by atoms with Crippen LogP contribution in [0.15, 0.2) is 48.5 Å². The van der Waals surface area contributed by atoms with Gasteiger partial charge in [-0.05, 0) is 54.8 Å². The lowest BCUT2D eigenvalue weighted by molar-refractivity contribution is -0.133. The van der Waals surface area contributed by atoms with Crippen LogP contribution in [-0.2, 0) is 16.1 Å². The smallest absolute Gasteiger partial charge is 0.255 e. The zero-order chi connectivity index (χ0) is 20.1. The molecular weight excluding hydrogens is 366 g/mol. The molecule has 0 atom stereocenters. The second kappa shape index (κ2) is 9.09. The van der Waals surface area contributed by atoms with Crippen LogP contribution >= 0.6 is 0 Å². The molecular formula is C23H27N3O3. The van der Waals surface area contributed by atoms with Gasteiger partial charge in [-0.2, -0.15) is 0 Å². The second-order valence-electron chi connectivity index (χ2n) is 7.57. The molecule has 29 heavy (non-hydrogen) atoms. The molecule has 0 saturated carbocycles. The number of morpholine rings is 1. The van der Waals surface area contributed by atoms with Crippen molar-refractivity contribution >= 4 is 23.2 Å². The zero-order valence-corrected chi connectivity index (χ0v) is 16.6. The Morgan fingerprint density at radius 3 is 2.55 bits per heavy atom. The van der Waals surface area contributed by atoms with Crippen molar-refractivity contribution in [3.05, 3.63) is 59.7 Å². The highest BCUT2D eigenvalue weighted by atomic mass is 16.5. The summed E-state index contributed by atoms with van der Waals surface area (Å²) in [6, 6.07) is 15.4. The third kappa shape index (κ3) is 4.95. The average Bonchev–Trinajstić information content (AvgIpc) is 2.76. The third-order valence-corrected chi connectivity index (χ3v) is 5.49. The van der Waals surface area contributed by atoms with Gasteiger partial charge in [0.25, 0.3) is 5.91 Å². The summed E-state index contributed by atoms with van der Waals surface area (Å²) < 4.78 is 5.39. The van der Waals surface area contributed by atoms with Crippen molar-refractivity contribution in [2.45, 2.75) is 25.8 Å². The summed E-state index contributed by atoms with van der Waals surface area (Å²) in [5.41, 5.74) is 3.51. The number of hydrogen-bond acceptors (Lipinski definition) is 4. The van der Waals surface area contributed by atoms with Gasteiger partial charge in [0.2, 0.25) is 5.91 Å². The zero-order valence-electron chi connectivity index (χ0n) is 16.6.